The van der Waals surface area contributed by atoms with Crippen LogP contribution < -0.4 is 5.73 Å². The zero-order valence-electron chi connectivity index (χ0n) is 10.1. The normalized spacial score (nSPS) is 12.7. The highest BCUT2D eigenvalue weighted by molar-refractivity contribution is 9.10. The van der Waals surface area contributed by atoms with Crippen molar-refractivity contribution in [3.05, 3.63) is 34.3 Å². The van der Waals surface area contributed by atoms with E-state index in [0.717, 1.165) is 17.4 Å². The van der Waals surface area contributed by atoms with E-state index in [-0.39, 0.29) is 0 Å². The van der Waals surface area contributed by atoms with Gasteiger partial charge in [0, 0.05) is 4.47 Å². The molecule has 2 N–H and O–H groups in total. The van der Waals surface area contributed by atoms with E-state index in [1.165, 1.54) is 31.2 Å². The number of hydrogen-bond donors (Lipinski definition) is 1. The number of benzene rings is 1. The van der Waals surface area contributed by atoms with Gasteiger partial charge in [0.2, 0.25) is 0 Å². The van der Waals surface area contributed by atoms with Crippen LogP contribution in [0, 0.1) is 5.92 Å². The van der Waals surface area contributed by atoms with Crippen molar-refractivity contribution >= 4 is 15.9 Å². The van der Waals surface area contributed by atoms with Crippen molar-refractivity contribution in [3.63, 3.8) is 0 Å². The van der Waals surface area contributed by atoms with E-state index in [1.807, 2.05) is 0 Å². The van der Waals surface area contributed by atoms with Crippen LogP contribution in [0.1, 0.15) is 38.2 Å². The molecule has 1 nitrogen and oxygen atoms in total. The Bertz CT molecular complexity index is 299. The van der Waals surface area contributed by atoms with Gasteiger partial charge in [-0.15, -0.1) is 0 Å². The molecule has 1 unspecified atom stereocenters. The molecule has 1 rings (SSSR count). The molecule has 2 heteroatoms. The van der Waals surface area contributed by atoms with Crippen LogP contribution in [0.4, 0.5) is 0 Å². The third-order valence-corrected chi connectivity index (χ3v) is 3.46. The molecular formula is C14H22BrN. The zero-order valence-corrected chi connectivity index (χ0v) is 11.7. The predicted octanol–water partition coefficient (Wildman–Crippen LogP) is 4.15. The lowest BCUT2D eigenvalue weighted by Crippen LogP contribution is -2.16. The molecule has 1 aromatic rings. The molecule has 0 bridgehead atoms. The van der Waals surface area contributed by atoms with Crippen molar-refractivity contribution in [2.45, 2.75) is 39.0 Å². The lowest BCUT2D eigenvalue weighted by molar-refractivity contribution is 0.464. The number of hydrogen-bond acceptors (Lipinski definition) is 1. The van der Waals surface area contributed by atoms with Crippen LogP contribution in [-0.4, -0.2) is 6.54 Å². The Balaban J connectivity index is 2.43. The minimum Gasteiger partial charge on any atom is -0.330 e. The molecule has 1 aromatic carbocycles. The molecule has 0 spiro atoms. The summed E-state index contributed by atoms with van der Waals surface area (Å²) in [4.78, 5) is 0. The quantitative estimate of drug-likeness (QED) is 0.748. The van der Waals surface area contributed by atoms with E-state index >= 15 is 0 Å². The van der Waals surface area contributed by atoms with Gasteiger partial charge in [-0.1, -0.05) is 54.2 Å². The van der Waals surface area contributed by atoms with Gasteiger partial charge in [-0.3, -0.25) is 0 Å². The van der Waals surface area contributed by atoms with Crippen molar-refractivity contribution in [2.75, 3.05) is 6.54 Å². The van der Waals surface area contributed by atoms with Crippen molar-refractivity contribution in [3.8, 4) is 0 Å². The molecule has 0 amide bonds. The van der Waals surface area contributed by atoms with Crippen LogP contribution in [0.2, 0.25) is 0 Å². The van der Waals surface area contributed by atoms with Gasteiger partial charge in [0.1, 0.15) is 0 Å². The second-order valence-corrected chi connectivity index (χ2v) is 5.35. The Morgan fingerprint density at radius 3 is 2.75 bits per heavy atom. The van der Waals surface area contributed by atoms with E-state index in [0.29, 0.717) is 5.92 Å². The Hall–Kier alpha value is -0.340. The summed E-state index contributed by atoms with van der Waals surface area (Å²) in [7, 11) is 0. The Morgan fingerprint density at radius 1 is 1.31 bits per heavy atom. The molecule has 16 heavy (non-hydrogen) atoms. The summed E-state index contributed by atoms with van der Waals surface area (Å²) >= 11 is 3.51. The lowest BCUT2D eigenvalue weighted by Gasteiger charge is -2.14. The molecule has 0 aliphatic rings. The highest BCUT2D eigenvalue weighted by atomic mass is 79.9. The number of halogens is 1. The van der Waals surface area contributed by atoms with Gasteiger partial charge in [0.25, 0.3) is 0 Å². The zero-order chi connectivity index (χ0) is 11.8. The van der Waals surface area contributed by atoms with Gasteiger partial charge < -0.3 is 5.73 Å². The summed E-state index contributed by atoms with van der Waals surface area (Å²) in [5.41, 5.74) is 7.22. The molecule has 0 fully saturated rings. The van der Waals surface area contributed by atoms with E-state index < -0.39 is 0 Å². The smallest absolute Gasteiger partial charge is 0.0177 e. The van der Waals surface area contributed by atoms with Crippen LogP contribution in [0.25, 0.3) is 0 Å². The van der Waals surface area contributed by atoms with Crippen LogP contribution in [0.3, 0.4) is 0 Å². The van der Waals surface area contributed by atoms with Crippen LogP contribution in [0.5, 0.6) is 0 Å². The Kier molecular flexibility index (Phi) is 6.74. The predicted molar refractivity (Wildman–Crippen MR) is 74.5 cm³/mol. The SMILES string of the molecule is CCCCCC(CN)Cc1cccc(Br)c1. The summed E-state index contributed by atoms with van der Waals surface area (Å²) in [6, 6.07) is 8.55. The molecule has 90 valence electrons. The average Bonchev–Trinajstić information content (AvgIpc) is 2.28. The fourth-order valence-electron chi connectivity index (χ4n) is 1.98. The van der Waals surface area contributed by atoms with Crippen molar-refractivity contribution in [1.82, 2.24) is 0 Å². The number of rotatable bonds is 7. The third kappa shape index (κ3) is 5.13. The first-order valence-corrected chi connectivity index (χ1v) is 7.00. The maximum atomic E-state index is 5.83. The fourth-order valence-corrected chi connectivity index (χ4v) is 2.43. The molecule has 0 heterocycles. The average molecular weight is 284 g/mol. The van der Waals surface area contributed by atoms with Gasteiger partial charge in [0.15, 0.2) is 0 Å². The largest absolute Gasteiger partial charge is 0.330 e. The second-order valence-electron chi connectivity index (χ2n) is 4.43. The first-order chi connectivity index (χ1) is 7.76. The summed E-state index contributed by atoms with van der Waals surface area (Å²) in [5, 5.41) is 0. The van der Waals surface area contributed by atoms with Gasteiger partial charge in [0.05, 0.1) is 0 Å². The lowest BCUT2D eigenvalue weighted by atomic mass is 9.94. The molecule has 0 aliphatic heterocycles. The number of nitrogens with two attached hydrogens (primary N) is 1. The third-order valence-electron chi connectivity index (χ3n) is 2.96. The van der Waals surface area contributed by atoms with E-state index in [2.05, 4.69) is 47.1 Å². The minimum atomic E-state index is 0.640. The second kappa shape index (κ2) is 7.86. The van der Waals surface area contributed by atoms with Crippen molar-refractivity contribution < 1.29 is 0 Å². The summed E-state index contributed by atoms with van der Waals surface area (Å²) in [6.45, 7) is 3.04. The first kappa shape index (κ1) is 13.7. The molecule has 0 saturated heterocycles. The maximum absolute atomic E-state index is 5.83. The fraction of sp³-hybridized carbons (Fsp3) is 0.571. The van der Waals surface area contributed by atoms with Gasteiger partial charge >= 0.3 is 0 Å². The van der Waals surface area contributed by atoms with E-state index in [9.17, 15) is 0 Å². The van der Waals surface area contributed by atoms with E-state index in [1.54, 1.807) is 0 Å². The van der Waals surface area contributed by atoms with Gasteiger partial charge in [-0.2, -0.15) is 0 Å². The topological polar surface area (TPSA) is 26.0 Å². The molecule has 0 radical (unpaired) electrons. The highest BCUT2D eigenvalue weighted by Gasteiger charge is 2.07. The van der Waals surface area contributed by atoms with Crippen molar-refractivity contribution in [1.29, 1.82) is 0 Å². The molecule has 0 aliphatic carbocycles. The maximum Gasteiger partial charge on any atom is 0.0177 e. The minimum absolute atomic E-state index is 0.640. The Labute approximate surface area is 108 Å². The first-order valence-electron chi connectivity index (χ1n) is 6.20. The number of unbranched alkanes of at least 4 members (excludes halogenated alkanes) is 2. The molecule has 0 aromatic heterocycles. The van der Waals surface area contributed by atoms with Crippen LogP contribution in [-0.2, 0) is 6.42 Å². The van der Waals surface area contributed by atoms with Crippen LogP contribution >= 0.6 is 15.9 Å². The van der Waals surface area contributed by atoms with E-state index in [4.69, 9.17) is 5.73 Å². The summed E-state index contributed by atoms with van der Waals surface area (Å²) < 4.78 is 1.16. The highest BCUT2D eigenvalue weighted by Crippen LogP contribution is 2.18. The van der Waals surface area contributed by atoms with Crippen molar-refractivity contribution in [2.24, 2.45) is 11.7 Å². The standard InChI is InChI=1S/C14H22BrN/c1-2-3-4-6-13(11-16)9-12-7-5-8-14(15)10-12/h5,7-8,10,13H,2-4,6,9,11,16H2,1H3. The summed E-state index contributed by atoms with van der Waals surface area (Å²) in [5.74, 6) is 0.640. The molecule has 1 atom stereocenters. The summed E-state index contributed by atoms with van der Waals surface area (Å²) in [6.07, 6.45) is 6.30. The monoisotopic (exact) mass is 283 g/mol. The Morgan fingerprint density at radius 2 is 2.12 bits per heavy atom. The molecule has 0 saturated carbocycles. The van der Waals surface area contributed by atoms with Gasteiger partial charge in [-0.25, -0.2) is 0 Å². The van der Waals surface area contributed by atoms with Gasteiger partial charge in [-0.05, 0) is 43.0 Å². The van der Waals surface area contributed by atoms with Crippen LogP contribution in [0.15, 0.2) is 28.7 Å². The molecular weight excluding hydrogens is 262 g/mol.